The number of thioether (sulfide) groups is 1. The lowest BCUT2D eigenvalue weighted by Gasteiger charge is -2.35. The third-order valence-electron chi connectivity index (χ3n) is 3.93. The van der Waals surface area contributed by atoms with Crippen LogP contribution in [0.3, 0.4) is 0 Å². The summed E-state index contributed by atoms with van der Waals surface area (Å²) in [5, 5.41) is 8.96. The Bertz CT molecular complexity index is 492. The lowest BCUT2D eigenvalue weighted by molar-refractivity contribution is -0.141. The van der Waals surface area contributed by atoms with Gasteiger partial charge in [-0.15, -0.1) is 0 Å². The van der Waals surface area contributed by atoms with Crippen LogP contribution >= 0.6 is 11.8 Å². The molecule has 0 aliphatic carbocycles. The fourth-order valence-corrected chi connectivity index (χ4v) is 3.70. The van der Waals surface area contributed by atoms with Gasteiger partial charge in [0.1, 0.15) is 0 Å². The number of carbonyl (C=O) groups is 2. The Labute approximate surface area is 135 Å². The second-order valence-corrected chi connectivity index (χ2v) is 6.73. The van der Waals surface area contributed by atoms with Crippen molar-refractivity contribution in [3.05, 3.63) is 35.9 Å². The van der Waals surface area contributed by atoms with Crippen LogP contribution in [0.4, 0.5) is 0 Å². The highest BCUT2D eigenvalue weighted by atomic mass is 32.2. The van der Waals surface area contributed by atoms with Crippen LogP contribution in [0.1, 0.15) is 37.7 Å². The van der Waals surface area contributed by atoms with Crippen molar-refractivity contribution in [2.45, 2.75) is 43.9 Å². The van der Waals surface area contributed by atoms with E-state index in [0.29, 0.717) is 13.0 Å². The van der Waals surface area contributed by atoms with Gasteiger partial charge >= 0.3 is 5.97 Å². The molecule has 0 aromatic heterocycles. The molecular weight excluding hydrogens is 298 g/mol. The Morgan fingerprint density at radius 3 is 2.73 bits per heavy atom. The summed E-state index contributed by atoms with van der Waals surface area (Å²) >= 11 is 1.75. The Morgan fingerprint density at radius 1 is 1.23 bits per heavy atom. The normalized spacial score (nSPS) is 18.2. The van der Waals surface area contributed by atoms with Crippen LogP contribution in [0.5, 0.6) is 0 Å². The number of hydrogen-bond acceptors (Lipinski definition) is 3. The lowest BCUT2D eigenvalue weighted by Crippen LogP contribution is -2.44. The van der Waals surface area contributed by atoms with Gasteiger partial charge < -0.3 is 10.0 Å². The van der Waals surface area contributed by atoms with Gasteiger partial charge in [0, 0.05) is 30.5 Å². The van der Waals surface area contributed by atoms with Crippen molar-refractivity contribution in [3.63, 3.8) is 0 Å². The van der Waals surface area contributed by atoms with Gasteiger partial charge in [0.25, 0.3) is 0 Å². The summed E-state index contributed by atoms with van der Waals surface area (Å²) in [5.41, 5.74) is 1.27. The number of nitrogens with zero attached hydrogens (tertiary/aromatic N) is 1. The van der Waals surface area contributed by atoms with Gasteiger partial charge in [-0.2, -0.15) is 11.8 Å². The molecule has 1 aromatic carbocycles. The van der Waals surface area contributed by atoms with Crippen LogP contribution in [-0.2, 0) is 15.3 Å². The molecule has 1 unspecified atom stereocenters. The molecule has 1 atom stereocenters. The summed E-state index contributed by atoms with van der Waals surface area (Å²) in [4.78, 5) is 25.0. The van der Waals surface area contributed by atoms with Crippen LogP contribution < -0.4 is 0 Å². The predicted molar refractivity (Wildman–Crippen MR) is 88.8 cm³/mol. The summed E-state index contributed by atoms with van der Waals surface area (Å²) in [7, 11) is 0. The van der Waals surface area contributed by atoms with Crippen molar-refractivity contribution in [1.29, 1.82) is 0 Å². The first-order chi connectivity index (χ1) is 10.7. The number of carboxylic acid groups (broad SMARTS) is 1. The largest absolute Gasteiger partial charge is 0.481 e. The van der Waals surface area contributed by atoms with Crippen molar-refractivity contribution in [3.8, 4) is 0 Å². The van der Waals surface area contributed by atoms with Crippen LogP contribution in [0.15, 0.2) is 30.3 Å². The summed E-state index contributed by atoms with van der Waals surface area (Å²) < 4.78 is 0. The van der Waals surface area contributed by atoms with E-state index in [2.05, 4.69) is 12.1 Å². The van der Waals surface area contributed by atoms with E-state index in [4.69, 9.17) is 5.11 Å². The van der Waals surface area contributed by atoms with Crippen LogP contribution in [0.2, 0.25) is 0 Å². The van der Waals surface area contributed by atoms with Crippen LogP contribution in [-0.4, -0.2) is 40.2 Å². The minimum Gasteiger partial charge on any atom is -0.481 e. The zero-order chi connectivity index (χ0) is 15.8. The highest BCUT2D eigenvalue weighted by molar-refractivity contribution is 7.98. The molecule has 0 saturated carbocycles. The number of carbonyl (C=O) groups excluding carboxylic acids is 1. The third-order valence-corrected chi connectivity index (χ3v) is 4.96. The molecular formula is C17H23NO3S. The summed E-state index contributed by atoms with van der Waals surface area (Å²) in [6.45, 7) is 0.708. The van der Waals surface area contributed by atoms with Gasteiger partial charge in [-0.1, -0.05) is 30.3 Å². The standard InChI is InChI=1S/C17H23NO3S/c19-16(9-11-22-13-14-6-2-1-3-7-14)18-10-5-4-8-15(18)12-17(20)21/h1-3,6-7,15H,4-5,8-13H2,(H,20,21). The average molecular weight is 321 g/mol. The number of piperidine rings is 1. The molecule has 1 amide bonds. The van der Waals surface area contributed by atoms with Gasteiger partial charge in [0.15, 0.2) is 0 Å². The molecule has 1 N–H and O–H groups in total. The number of carboxylic acids is 1. The fraction of sp³-hybridized carbons (Fsp3) is 0.529. The number of aliphatic carboxylic acids is 1. The van der Waals surface area contributed by atoms with Crippen molar-refractivity contribution in [2.24, 2.45) is 0 Å². The van der Waals surface area contributed by atoms with E-state index in [9.17, 15) is 9.59 Å². The highest BCUT2D eigenvalue weighted by Crippen LogP contribution is 2.21. The zero-order valence-corrected chi connectivity index (χ0v) is 13.6. The maximum absolute atomic E-state index is 12.3. The van der Waals surface area contributed by atoms with Crippen LogP contribution in [0.25, 0.3) is 0 Å². The second kappa shape index (κ2) is 8.83. The topological polar surface area (TPSA) is 57.6 Å². The summed E-state index contributed by atoms with van der Waals surface area (Å²) in [6, 6.07) is 10.1. The molecule has 1 aliphatic rings. The van der Waals surface area contributed by atoms with E-state index in [-0.39, 0.29) is 18.4 Å². The molecule has 2 rings (SSSR count). The molecule has 0 spiro atoms. The first kappa shape index (κ1) is 16.9. The molecule has 1 aliphatic heterocycles. The Morgan fingerprint density at radius 2 is 2.00 bits per heavy atom. The Balaban J connectivity index is 1.74. The monoisotopic (exact) mass is 321 g/mol. The van der Waals surface area contributed by atoms with E-state index in [1.54, 1.807) is 16.7 Å². The quantitative estimate of drug-likeness (QED) is 0.784. The summed E-state index contributed by atoms with van der Waals surface area (Å²) in [6.07, 6.45) is 3.38. The molecule has 1 aromatic rings. The van der Waals surface area contributed by atoms with E-state index in [1.807, 2.05) is 18.2 Å². The number of rotatable bonds is 7. The average Bonchev–Trinajstić information content (AvgIpc) is 2.52. The molecule has 0 radical (unpaired) electrons. The van der Waals surface area contributed by atoms with Gasteiger partial charge in [-0.3, -0.25) is 9.59 Å². The lowest BCUT2D eigenvalue weighted by atomic mass is 9.99. The molecule has 1 heterocycles. The minimum atomic E-state index is -0.817. The molecule has 22 heavy (non-hydrogen) atoms. The molecule has 0 bridgehead atoms. The van der Waals surface area contributed by atoms with Gasteiger partial charge in [0.05, 0.1) is 6.42 Å². The van der Waals surface area contributed by atoms with E-state index in [1.165, 1.54) is 5.56 Å². The Hall–Kier alpha value is -1.49. The smallest absolute Gasteiger partial charge is 0.305 e. The number of benzene rings is 1. The molecule has 120 valence electrons. The molecule has 4 nitrogen and oxygen atoms in total. The van der Waals surface area contributed by atoms with Crippen molar-refractivity contribution in [1.82, 2.24) is 4.90 Å². The first-order valence-electron chi connectivity index (χ1n) is 7.80. The van der Waals surface area contributed by atoms with Crippen molar-refractivity contribution >= 4 is 23.6 Å². The molecule has 5 heteroatoms. The maximum Gasteiger partial charge on any atom is 0.305 e. The van der Waals surface area contributed by atoms with E-state index in [0.717, 1.165) is 30.8 Å². The maximum atomic E-state index is 12.3. The Kier molecular flexibility index (Phi) is 6.77. The van der Waals surface area contributed by atoms with Crippen molar-refractivity contribution in [2.75, 3.05) is 12.3 Å². The third kappa shape index (κ3) is 5.37. The van der Waals surface area contributed by atoms with Gasteiger partial charge in [-0.25, -0.2) is 0 Å². The molecule has 1 fully saturated rings. The van der Waals surface area contributed by atoms with Crippen LogP contribution in [0, 0.1) is 0 Å². The number of amides is 1. The molecule has 1 saturated heterocycles. The SMILES string of the molecule is O=C(O)CC1CCCCN1C(=O)CCSCc1ccccc1. The van der Waals surface area contributed by atoms with Gasteiger partial charge in [-0.05, 0) is 24.8 Å². The van der Waals surface area contributed by atoms with Crippen molar-refractivity contribution < 1.29 is 14.7 Å². The zero-order valence-electron chi connectivity index (χ0n) is 12.7. The highest BCUT2D eigenvalue weighted by Gasteiger charge is 2.27. The summed E-state index contributed by atoms with van der Waals surface area (Å²) in [5.74, 6) is 0.978. The first-order valence-corrected chi connectivity index (χ1v) is 8.95. The van der Waals surface area contributed by atoms with E-state index >= 15 is 0 Å². The predicted octanol–water partition coefficient (Wildman–Crippen LogP) is 3.17. The number of hydrogen-bond donors (Lipinski definition) is 1. The van der Waals surface area contributed by atoms with E-state index < -0.39 is 5.97 Å². The fourth-order valence-electron chi connectivity index (χ4n) is 2.81. The van der Waals surface area contributed by atoms with Gasteiger partial charge in [0.2, 0.25) is 5.91 Å². The second-order valence-electron chi connectivity index (χ2n) is 5.62. The minimum absolute atomic E-state index is 0.0723. The number of likely N-dealkylation sites (tertiary alicyclic amines) is 1.